The molecule has 4 aromatic rings. The van der Waals surface area contributed by atoms with Gasteiger partial charge in [-0.3, -0.25) is 4.79 Å². The molecule has 5 rings (SSSR count). The van der Waals surface area contributed by atoms with Gasteiger partial charge in [-0.15, -0.1) is 0 Å². The smallest absolute Gasteiger partial charge is 0.259 e. The van der Waals surface area contributed by atoms with Crippen LogP contribution in [0.1, 0.15) is 29.3 Å². The average Bonchev–Trinajstić information content (AvgIpc) is 2.78. The van der Waals surface area contributed by atoms with Crippen LogP contribution in [-0.2, 0) is 6.42 Å². The molecule has 1 aromatic heterocycles. The quantitative estimate of drug-likeness (QED) is 0.355. The normalized spacial score (nSPS) is 15.7. The number of anilines is 1. The fraction of sp³-hybridized carbons (Fsp3) is 0.154. The molecular weight excluding hydrogens is 411 g/mol. The van der Waals surface area contributed by atoms with Crippen molar-refractivity contribution in [1.82, 2.24) is 4.98 Å². The molecular formula is C26H20ClFN2O. The van der Waals surface area contributed by atoms with Crippen molar-refractivity contribution in [2.45, 2.75) is 25.8 Å². The Bertz CT molecular complexity index is 1320. The van der Waals surface area contributed by atoms with Crippen LogP contribution in [0.2, 0.25) is 5.02 Å². The molecule has 1 aliphatic rings. The molecule has 0 saturated heterocycles. The van der Waals surface area contributed by atoms with E-state index < -0.39 is 0 Å². The summed E-state index contributed by atoms with van der Waals surface area (Å²) in [5.74, 6) is -0.400. The lowest BCUT2D eigenvalue weighted by atomic mass is 9.94. The summed E-state index contributed by atoms with van der Waals surface area (Å²) >= 11 is 6.42. The molecule has 0 unspecified atom stereocenters. The zero-order valence-electron chi connectivity index (χ0n) is 17.0. The highest BCUT2D eigenvalue weighted by Gasteiger charge is 2.30. The minimum Gasteiger partial charge on any atom is -0.305 e. The van der Waals surface area contributed by atoms with E-state index in [9.17, 15) is 9.18 Å². The molecule has 0 spiro atoms. The van der Waals surface area contributed by atoms with E-state index >= 15 is 0 Å². The molecule has 3 nitrogen and oxygen atoms in total. The van der Waals surface area contributed by atoms with Crippen molar-refractivity contribution in [3.63, 3.8) is 0 Å². The van der Waals surface area contributed by atoms with Gasteiger partial charge in [0.1, 0.15) is 5.82 Å². The first-order valence-corrected chi connectivity index (χ1v) is 10.7. The summed E-state index contributed by atoms with van der Waals surface area (Å²) in [7, 11) is 0. The number of aromatic nitrogens is 1. The molecule has 1 amide bonds. The van der Waals surface area contributed by atoms with Crippen LogP contribution in [0.3, 0.4) is 0 Å². The van der Waals surface area contributed by atoms with Crippen LogP contribution < -0.4 is 4.90 Å². The number of carbonyl (C=O) groups excluding carboxylic acids is 1. The Morgan fingerprint density at radius 3 is 2.68 bits per heavy atom. The number of halogens is 2. The maximum atomic E-state index is 13.9. The number of benzene rings is 3. The lowest BCUT2D eigenvalue weighted by Gasteiger charge is -2.35. The van der Waals surface area contributed by atoms with Gasteiger partial charge in [0.2, 0.25) is 0 Å². The van der Waals surface area contributed by atoms with E-state index in [1.807, 2.05) is 61.5 Å². The number of hydrogen-bond acceptors (Lipinski definition) is 2. The summed E-state index contributed by atoms with van der Waals surface area (Å²) < 4.78 is 13.8. The topological polar surface area (TPSA) is 33.2 Å². The minimum absolute atomic E-state index is 0.00107. The Morgan fingerprint density at radius 1 is 1.06 bits per heavy atom. The average molecular weight is 431 g/mol. The molecule has 0 N–H and O–H groups in total. The van der Waals surface area contributed by atoms with Gasteiger partial charge in [-0.1, -0.05) is 48.0 Å². The molecule has 5 heteroatoms. The maximum absolute atomic E-state index is 13.9. The zero-order chi connectivity index (χ0) is 21.5. The van der Waals surface area contributed by atoms with Crippen molar-refractivity contribution in [2.75, 3.05) is 4.90 Å². The first-order valence-electron chi connectivity index (χ1n) is 10.3. The molecule has 154 valence electrons. The van der Waals surface area contributed by atoms with Crippen molar-refractivity contribution in [2.24, 2.45) is 0 Å². The van der Waals surface area contributed by atoms with Crippen LogP contribution in [0.25, 0.3) is 22.2 Å². The van der Waals surface area contributed by atoms with Crippen LogP contribution in [0, 0.1) is 5.82 Å². The van der Waals surface area contributed by atoms with Crippen LogP contribution in [0.5, 0.6) is 0 Å². The largest absolute Gasteiger partial charge is 0.305 e. The highest BCUT2D eigenvalue weighted by atomic mass is 35.5. The summed E-state index contributed by atoms with van der Waals surface area (Å²) in [5.41, 5.74) is 4.34. The third-order valence-electron chi connectivity index (χ3n) is 5.89. The first kappa shape index (κ1) is 19.7. The van der Waals surface area contributed by atoms with E-state index in [1.165, 1.54) is 12.1 Å². The van der Waals surface area contributed by atoms with Crippen molar-refractivity contribution in [3.05, 3.63) is 94.8 Å². The monoisotopic (exact) mass is 430 g/mol. The standard InChI is InChI=1S/C26H20ClFN2O/c1-16-10-11-17-14-18(28)12-13-25(17)30(16)26(31)21-15-24(20-7-2-4-8-22(20)27)29-23-9-5-3-6-19(21)23/h2-9,12-16H,10-11H2,1H3/t16-/m0/s1. The molecule has 1 atom stereocenters. The number of pyridine rings is 1. The maximum Gasteiger partial charge on any atom is 0.259 e. The van der Waals surface area contributed by atoms with Gasteiger partial charge in [-0.2, -0.15) is 0 Å². The molecule has 2 heterocycles. The van der Waals surface area contributed by atoms with E-state index in [4.69, 9.17) is 16.6 Å². The fourth-order valence-corrected chi connectivity index (χ4v) is 4.55. The van der Waals surface area contributed by atoms with E-state index in [0.29, 0.717) is 16.3 Å². The first-order chi connectivity index (χ1) is 15.0. The minimum atomic E-state index is -0.281. The Balaban J connectivity index is 1.70. The van der Waals surface area contributed by atoms with Crippen LogP contribution >= 0.6 is 11.6 Å². The van der Waals surface area contributed by atoms with E-state index in [0.717, 1.165) is 40.6 Å². The summed E-state index contributed by atoms with van der Waals surface area (Å²) in [4.78, 5) is 20.5. The second-order valence-electron chi connectivity index (χ2n) is 7.89. The van der Waals surface area contributed by atoms with Crippen molar-refractivity contribution in [3.8, 4) is 11.3 Å². The summed E-state index contributed by atoms with van der Waals surface area (Å²) in [5, 5.41) is 1.36. The van der Waals surface area contributed by atoms with Crippen LogP contribution in [0.15, 0.2) is 72.8 Å². The number of fused-ring (bicyclic) bond motifs is 2. The molecule has 0 saturated carbocycles. The molecule has 3 aromatic carbocycles. The van der Waals surface area contributed by atoms with Gasteiger partial charge in [0.25, 0.3) is 5.91 Å². The molecule has 0 radical (unpaired) electrons. The number of carbonyl (C=O) groups is 1. The van der Waals surface area contributed by atoms with Gasteiger partial charge in [0.15, 0.2) is 0 Å². The summed E-state index contributed by atoms with van der Waals surface area (Å²) in [6.45, 7) is 2.03. The van der Waals surface area contributed by atoms with E-state index in [1.54, 1.807) is 11.0 Å². The highest BCUT2D eigenvalue weighted by Crippen LogP contribution is 2.35. The van der Waals surface area contributed by atoms with Gasteiger partial charge in [0, 0.05) is 27.7 Å². The number of para-hydroxylation sites is 1. The van der Waals surface area contributed by atoms with Gasteiger partial charge in [0.05, 0.1) is 16.8 Å². The van der Waals surface area contributed by atoms with E-state index in [-0.39, 0.29) is 17.8 Å². The zero-order valence-corrected chi connectivity index (χ0v) is 17.7. The molecule has 1 aliphatic heterocycles. The second kappa shape index (κ2) is 7.78. The van der Waals surface area contributed by atoms with Crippen molar-refractivity contribution >= 4 is 34.1 Å². The summed E-state index contributed by atoms with van der Waals surface area (Å²) in [6, 6.07) is 21.6. The number of amides is 1. The van der Waals surface area contributed by atoms with Crippen molar-refractivity contribution < 1.29 is 9.18 Å². The molecule has 0 aliphatic carbocycles. The van der Waals surface area contributed by atoms with Gasteiger partial charge >= 0.3 is 0 Å². The lowest BCUT2D eigenvalue weighted by molar-refractivity contribution is 0.0976. The van der Waals surface area contributed by atoms with Crippen molar-refractivity contribution in [1.29, 1.82) is 0 Å². The van der Waals surface area contributed by atoms with Gasteiger partial charge in [-0.25, -0.2) is 9.37 Å². The SMILES string of the molecule is C[C@H]1CCc2cc(F)ccc2N1C(=O)c1cc(-c2ccccc2Cl)nc2ccccc12. The highest BCUT2D eigenvalue weighted by molar-refractivity contribution is 6.33. The number of nitrogens with zero attached hydrogens (tertiary/aromatic N) is 2. The fourth-order valence-electron chi connectivity index (χ4n) is 4.32. The Morgan fingerprint density at radius 2 is 1.84 bits per heavy atom. The number of rotatable bonds is 2. The molecule has 0 fully saturated rings. The summed E-state index contributed by atoms with van der Waals surface area (Å²) in [6.07, 6.45) is 1.53. The van der Waals surface area contributed by atoms with E-state index in [2.05, 4.69) is 0 Å². The third-order valence-corrected chi connectivity index (χ3v) is 6.22. The van der Waals surface area contributed by atoms with Gasteiger partial charge in [-0.05, 0) is 61.7 Å². The third kappa shape index (κ3) is 3.47. The number of aryl methyl sites for hydroxylation is 1. The predicted molar refractivity (Wildman–Crippen MR) is 123 cm³/mol. The lowest BCUT2D eigenvalue weighted by Crippen LogP contribution is -2.42. The van der Waals surface area contributed by atoms with Crippen LogP contribution in [0.4, 0.5) is 10.1 Å². The Labute approximate surface area is 185 Å². The molecule has 0 bridgehead atoms. The predicted octanol–water partition coefficient (Wildman–Crippen LogP) is 6.68. The Kier molecular flexibility index (Phi) is 4.95. The Hall–Kier alpha value is -3.24. The van der Waals surface area contributed by atoms with Crippen LogP contribution in [-0.4, -0.2) is 16.9 Å². The van der Waals surface area contributed by atoms with Gasteiger partial charge < -0.3 is 4.90 Å². The number of hydrogen-bond donors (Lipinski definition) is 0. The second-order valence-corrected chi connectivity index (χ2v) is 8.30. The molecule has 31 heavy (non-hydrogen) atoms.